The molecule has 2 aromatic rings. The summed E-state index contributed by atoms with van der Waals surface area (Å²) in [5.41, 5.74) is 3.83. The van der Waals surface area contributed by atoms with Gasteiger partial charge in [0.25, 0.3) is 0 Å². The number of halogens is 1. The number of esters is 1. The van der Waals surface area contributed by atoms with Crippen LogP contribution in [0.2, 0.25) is 0 Å². The first-order valence-corrected chi connectivity index (χ1v) is 13.7. The first-order chi connectivity index (χ1) is 14.2. The number of carbonyl (C=O) groups is 1. The van der Waals surface area contributed by atoms with E-state index in [1.165, 1.54) is 32.9 Å². The zero-order valence-electron chi connectivity index (χ0n) is 18.5. The van der Waals surface area contributed by atoms with Crippen LogP contribution in [0.25, 0.3) is 0 Å². The van der Waals surface area contributed by atoms with Crippen molar-refractivity contribution in [3.63, 3.8) is 0 Å². The molecule has 0 heterocycles. The van der Waals surface area contributed by atoms with E-state index >= 15 is 0 Å². The van der Waals surface area contributed by atoms with E-state index in [1.807, 2.05) is 31.2 Å². The van der Waals surface area contributed by atoms with Gasteiger partial charge in [-0.15, -0.1) is 0 Å². The number of fused-ring (bicyclic) bond motifs is 1. The van der Waals surface area contributed by atoms with Crippen molar-refractivity contribution in [2.24, 2.45) is 0 Å². The van der Waals surface area contributed by atoms with Gasteiger partial charge in [-0.2, -0.15) is 0 Å². The number of benzene rings is 2. The quantitative estimate of drug-likeness (QED) is 0.205. The summed E-state index contributed by atoms with van der Waals surface area (Å²) < 4.78 is 14.8. The van der Waals surface area contributed by atoms with E-state index in [0.29, 0.717) is 18.8 Å². The minimum atomic E-state index is -0.264. The third kappa shape index (κ3) is 5.23. The Kier molecular flexibility index (Phi) is 7.57. The van der Waals surface area contributed by atoms with E-state index in [4.69, 9.17) is 9.47 Å². The van der Waals surface area contributed by atoms with E-state index in [2.05, 4.69) is 62.4 Å². The van der Waals surface area contributed by atoms with Crippen molar-refractivity contribution in [1.82, 2.24) is 0 Å². The third-order valence-electron chi connectivity index (χ3n) is 5.85. The van der Waals surface area contributed by atoms with Gasteiger partial charge in [0.2, 0.25) is 0 Å². The van der Waals surface area contributed by atoms with Crippen molar-refractivity contribution in [3.8, 4) is 5.75 Å². The van der Waals surface area contributed by atoms with Crippen LogP contribution in [0.5, 0.6) is 5.75 Å². The van der Waals surface area contributed by atoms with E-state index in [-0.39, 0.29) is 31.8 Å². The van der Waals surface area contributed by atoms with Gasteiger partial charge in [0.15, 0.2) is 0 Å². The molecule has 0 saturated heterocycles. The van der Waals surface area contributed by atoms with E-state index in [1.54, 1.807) is 0 Å². The number of ether oxygens (including phenoxy) is 2. The summed E-state index contributed by atoms with van der Waals surface area (Å²) in [5, 5.41) is 0. The molecule has 0 bridgehead atoms. The number of alkyl halides is 1. The molecular formula is C25H31IO3Se. The van der Waals surface area contributed by atoms with Crippen LogP contribution >= 0.6 is 22.6 Å². The van der Waals surface area contributed by atoms with Gasteiger partial charge in [0.05, 0.1) is 0 Å². The average Bonchev–Trinajstić information content (AvgIpc) is 2.71. The fraction of sp³-hybridized carbons (Fsp3) is 0.480. The van der Waals surface area contributed by atoms with Crippen molar-refractivity contribution in [2.75, 3.05) is 17.6 Å². The fourth-order valence-electron chi connectivity index (χ4n) is 3.92. The summed E-state index contributed by atoms with van der Waals surface area (Å²) in [7, 11) is 0. The number of hydrogen-bond acceptors (Lipinski definition) is 3. The van der Waals surface area contributed by atoms with Gasteiger partial charge in [0, 0.05) is 0 Å². The Labute approximate surface area is 200 Å². The standard InChI is InChI=1S/C25H31IO3Se/c1-6-28-23(27)17-7-9-18(10-8-17)30-22-16-20-19(15-21(22)29-14-13-26)24(2,3)11-12-25(20,4)5/h7-10,15-16H,6,11-14H2,1-5H3. The van der Waals surface area contributed by atoms with Crippen LogP contribution in [-0.4, -0.2) is 38.6 Å². The van der Waals surface area contributed by atoms with Crippen molar-refractivity contribution in [3.05, 3.63) is 53.1 Å². The molecule has 30 heavy (non-hydrogen) atoms. The molecule has 0 aliphatic heterocycles. The molecule has 5 heteroatoms. The number of carbonyl (C=O) groups excluding carboxylic acids is 1. The molecule has 3 nitrogen and oxygen atoms in total. The predicted octanol–water partition coefficient (Wildman–Crippen LogP) is 4.68. The summed E-state index contributed by atoms with van der Waals surface area (Å²) in [6.07, 6.45) is 2.39. The molecule has 0 aromatic heterocycles. The molecule has 0 amide bonds. The molecular weight excluding hydrogens is 554 g/mol. The van der Waals surface area contributed by atoms with E-state index in [0.717, 1.165) is 10.2 Å². The molecule has 0 atom stereocenters. The first kappa shape index (κ1) is 23.6. The molecule has 0 radical (unpaired) electrons. The molecule has 0 spiro atoms. The first-order valence-electron chi connectivity index (χ1n) is 10.5. The minimum absolute atomic E-state index is 0.0977. The Hall–Kier alpha value is -1.04. The van der Waals surface area contributed by atoms with Crippen LogP contribution in [0.15, 0.2) is 36.4 Å². The Morgan fingerprint density at radius 3 is 2.20 bits per heavy atom. The van der Waals surface area contributed by atoms with Gasteiger partial charge < -0.3 is 0 Å². The Bertz CT molecular complexity index is 903. The predicted molar refractivity (Wildman–Crippen MR) is 134 cm³/mol. The van der Waals surface area contributed by atoms with Gasteiger partial charge in [-0.25, -0.2) is 0 Å². The SMILES string of the molecule is CCOC(=O)c1ccc([Se]c2cc3c(cc2OCCI)C(C)(C)CCC3(C)C)cc1. The van der Waals surface area contributed by atoms with Gasteiger partial charge in [0.1, 0.15) is 0 Å². The molecule has 0 saturated carbocycles. The average molecular weight is 585 g/mol. The molecule has 2 aromatic carbocycles. The second kappa shape index (κ2) is 9.62. The van der Waals surface area contributed by atoms with Crippen LogP contribution in [0.3, 0.4) is 0 Å². The van der Waals surface area contributed by atoms with Crippen LogP contribution in [0, 0.1) is 0 Å². The monoisotopic (exact) mass is 586 g/mol. The molecule has 0 unspecified atom stereocenters. The summed E-state index contributed by atoms with van der Waals surface area (Å²) >= 11 is 2.46. The van der Waals surface area contributed by atoms with Gasteiger partial charge in [-0.3, -0.25) is 0 Å². The summed E-state index contributed by atoms with van der Waals surface area (Å²) in [4.78, 5) is 11.9. The van der Waals surface area contributed by atoms with E-state index in [9.17, 15) is 4.79 Å². The van der Waals surface area contributed by atoms with Gasteiger partial charge in [-0.1, -0.05) is 0 Å². The second-order valence-corrected chi connectivity index (χ2v) is 12.4. The molecule has 0 fully saturated rings. The van der Waals surface area contributed by atoms with Crippen LogP contribution in [0.4, 0.5) is 0 Å². The molecule has 0 N–H and O–H groups in total. The van der Waals surface area contributed by atoms with Crippen molar-refractivity contribution >= 4 is 52.4 Å². The second-order valence-electron chi connectivity index (χ2n) is 9.00. The number of rotatable bonds is 7. The summed E-state index contributed by atoms with van der Waals surface area (Å²) in [5.74, 6) is 0.756. The Balaban J connectivity index is 1.98. The fourth-order valence-corrected chi connectivity index (χ4v) is 6.07. The van der Waals surface area contributed by atoms with E-state index < -0.39 is 0 Å². The van der Waals surface area contributed by atoms with Gasteiger partial charge in [-0.05, 0) is 0 Å². The normalized spacial score (nSPS) is 16.6. The Morgan fingerprint density at radius 2 is 1.63 bits per heavy atom. The zero-order valence-corrected chi connectivity index (χ0v) is 22.4. The van der Waals surface area contributed by atoms with Crippen molar-refractivity contribution < 1.29 is 14.3 Å². The Morgan fingerprint density at radius 1 is 1.03 bits per heavy atom. The molecule has 1 aliphatic carbocycles. The number of hydrogen-bond donors (Lipinski definition) is 0. The summed E-state index contributed by atoms with van der Waals surface area (Å²) in [6.45, 7) is 12.3. The van der Waals surface area contributed by atoms with Crippen molar-refractivity contribution in [2.45, 2.75) is 58.3 Å². The maximum atomic E-state index is 11.9. The van der Waals surface area contributed by atoms with Crippen molar-refractivity contribution in [1.29, 1.82) is 0 Å². The maximum absolute atomic E-state index is 11.9. The molecule has 1 aliphatic rings. The third-order valence-corrected chi connectivity index (χ3v) is 8.48. The topological polar surface area (TPSA) is 35.5 Å². The summed E-state index contributed by atoms with van der Waals surface area (Å²) in [6, 6.07) is 12.5. The molecule has 162 valence electrons. The van der Waals surface area contributed by atoms with Gasteiger partial charge >= 0.3 is 201 Å². The molecule has 3 rings (SSSR count). The zero-order chi connectivity index (χ0) is 21.9. The van der Waals surface area contributed by atoms with Crippen LogP contribution in [0.1, 0.15) is 68.9 Å². The van der Waals surface area contributed by atoms with Crippen LogP contribution in [-0.2, 0) is 15.6 Å². The van der Waals surface area contributed by atoms with Crippen LogP contribution < -0.4 is 13.7 Å².